The normalized spacial score (nSPS) is 18.8. The molecule has 1 atom stereocenters. The molecule has 1 N–H and O–H groups in total. The molecule has 0 bridgehead atoms. The second-order valence-electron chi connectivity index (χ2n) is 7.79. The van der Waals surface area contributed by atoms with Crippen molar-refractivity contribution in [2.75, 3.05) is 26.2 Å². The molecule has 0 radical (unpaired) electrons. The van der Waals surface area contributed by atoms with Gasteiger partial charge in [0.1, 0.15) is 18.2 Å². The molecule has 6 nitrogen and oxygen atoms in total. The van der Waals surface area contributed by atoms with E-state index in [1.807, 2.05) is 25.3 Å². The van der Waals surface area contributed by atoms with Gasteiger partial charge in [0.05, 0.1) is 11.7 Å². The summed E-state index contributed by atoms with van der Waals surface area (Å²) in [4.78, 5) is 14.1. The summed E-state index contributed by atoms with van der Waals surface area (Å²) in [6, 6.07) is 8.63. The highest BCUT2D eigenvalue weighted by Gasteiger charge is 2.31. The second kappa shape index (κ2) is 7.66. The van der Waals surface area contributed by atoms with Crippen LogP contribution in [0, 0.1) is 12.7 Å². The van der Waals surface area contributed by atoms with Crippen LogP contribution in [0.3, 0.4) is 0 Å². The molecule has 154 valence electrons. The van der Waals surface area contributed by atoms with Crippen LogP contribution in [0.2, 0.25) is 0 Å². The van der Waals surface area contributed by atoms with E-state index < -0.39 is 5.82 Å². The zero-order chi connectivity index (χ0) is 20.7. The molecule has 0 spiro atoms. The molecule has 0 saturated carbocycles. The number of carbonyl (C=O) groups excluding carboxylic acids is 1. The van der Waals surface area contributed by atoms with Crippen LogP contribution in [0.25, 0.3) is 16.8 Å². The van der Waals surface area contributed by atoms with E-state index in [2.05, 4.69) is 15.3 Å². The first kappa shape index (κ1) is 19.0. The van der Waals surface area contributed by atoms with Crippen LogP contribution in [0.15, 0.2) is 42.7 Å². The van der Waals surface area contributed by atoms with Crippen LogP contribution in [-0.2, 0) is 6.54 Å². The van der Waals surface area contributed by atoms with E-state index in [-0.39, 0.29) is 6.04 Å². The number of hydrogen-bond acceptors (Lipinski definition) is 5. The van der Waals surface area contributed by atoms with Gasteiger partial charge < -0.3 is 10.1 Å². The second-order valence-corrected chi connectivity index (χ2v) is 7.79. The summed E-state index contributed by atoms with van der Waals surface area (Å²) in [5.74, 6) is 0.330. The first-order valence-electron chi connectivity index (χ1n) is 10.2. The van der Waals surface area contributed by atoms with Crippen molar-refractivity contribution in [1.82, 2.24) is 20.0 Å². The van der Waals surface area contributed by atoms with Crippen molar-refractivity contribution in [3.8, 4) is 22.6 Å². The molecule has 0 unspecified atom stereocenters. The standard InChI is InChI=1S/C23H23FN4O2/c1-15-18(22-16(13-29)4-2-5-20(22)24)10-21(28-8-3-6-26-28)19-12-27-9-7-25-11-17(27)14-30-23(15)19/h2-6,8,10,13,17,25H,7,9,11-12,14H2,1H3/t17-/m1/s1. The molecule has 7 heteroatoms. The molecule has 0 aliphatic carbocycles. The SMILES string of the molecule is Cc1c(-c2c(F)cccc2C=O)cc(-n2cccn2)c2c1OC[C@H]1CNCCN1C2. The maximum absolute atomic E-state index is 14.9. The Balaban J connectivity index is 1.75. The monoisotopic (exact) mass is 406 g/mol. The fraction of sp³-hybridized carbons (Fsp3) is 0.304. The van der Waals surface area contributed by atoms with Gasteiger partial charge in [-0.15, -0.1) is 0 Å². The Kier molecular flexibility index (Phi) is 4.84. The summed E-state index contributed by atoms with van der Waals surface area (Å²) in [5.41, 5.74) is 3.98. The maximum Gasteiger partial charge on any atom is 0.150 e. The van der Waals surface area contributed by atoms with Gasteiger partial charge in [0.15, 0.2) is 6.29 Å². The van der Waals surface area contributed by atoms with Gasteiger partial charge in [-0.3, -0.25) is 9.69 Å². The fourth-order valence-corrected chi connectivity index (χ4v) is 4.50. The van der Waals surface area contributed by atoms with Crippen LogP contribution in [0.4, 0.5) is 4.39 Å². The Labute approximate surface area is 174 Å². The van der Waals surface area contributed by atoms with Crippen molar-refractivity contribution in [2.45, 2.75) is 19.5 Å². The van der Waals surface area contributed by atoms with Crippen LogP contribution in [0.1, 0.15) is 21.5 Å². The van der Waals surface area contributed by atoms with E-state index in [1.165, 1.54) is 6.07 Å². The number of rotatable bonds is 3. The lowest BCUT2D eigenvalue weighted by Gasteiger charge is -2.33. The van der Waals surface area contributed by atoms with Gasteiger partial charge in [-0.25, -0.2) is 9.07 Å². The summed E-state index contributed by atoms with van der Waals surface area (Å²) >= 11 is 0. The third kappa shape index (κ3) is 3.11. The largest absolute Gasteiger partial charge is 0.491 e. The average molecular weight is 406 g/mol. The molecule has 30 heavy (non-hydrogen) atoms. The number of halogens is 1. The third-order valence-electron chi connectivity index (χ3n) is 6.06. The van der Waals surface area contributed by atoms with Crippen LogP contribution >= 0.6 is 0 Å². The molecule has 0 amide bonds. The van der Waals surface area contributed by atoms with E-state index in [4.69, 9.17) is 4.74 Å². The molecule has 5 rings (SSSR count). The summed E-state index contributed by atoms with van der Waals surface area (Å²) in [6.45, 7) is 5.98. The maximum atomic E-state index is 14.9. The summed E-state index contributed by atoms with van der Waals surface area (Å²) in [7, 11) is 0. The van der Waals surface area contributed by atoms with Gasteiger partial charge in [-0.2, -0.15) is 5.10 Å². The smallest absolute Gasteiger partial charge is 0.150 e. The van der Waals surface area contributed by atoms with E-state index in [9.17, 15) is 9.18 Å². The number of nitrogens with one attached hydrogen (secondary N) is 1. The minimum absolute atomic E-state index is 0.276. The molecule has 3 heterocycles. The van der Waals surface area contributed by atoms with Gasteiger partial charge in [0, 0.05) is 55.3 Å². The van der Waals surface area contributed by atoms with Crippen molar-refractivity contribution in [3.63, 3.8) is 0 Å². The van der Waals surface area contributed by atoms with Crippen molar-refractivity contribution in [1.29, 1.82) is 0 Å². The predicted octanol–water partition coefficient (Wildman–Crippen LogP) is 2.97. The molecule has 1 fully saturated rings. The minimum Gasteiger partial charge on any atom is -0.491 e. The van der Waals surface area contributed by atoms with E-state index in [0.29, 0.717) is 29.6 Å². The summed E-state index contributed by atoms with van der Waals surface area (Å²) < 4.78 is 23.0. The number of aromatic nitrogens is 2. The number of carbonyl (C=O) groups is 1. The molecule has 1 aromatic heterocycles. The molecule has 2 aliphatic heterocycles. The molecule has 3 aromatic rings. The van der Waals surface area contributed by atoms with Gasteiger partial charge in [-0.05, 0) is 36.2 Å². The van der Waals surface area contributed by atoms with Crippen molar-refractivity contribution in [2.24, 2.45) is 0 Å². The van der Waals surface area contributed by atoms with Crippen LogP contribution in [-0.4, -0.2) is 53.2 Å². The Hall–Kier alpha value is -3.03. The van der Waals surface area contributed by atoms with Crippen LogP contribution < -0.4 is 10.1 Å². The Morgan fingerprint density at radius 3 is 3.03 bits per heavy atom. The highest BCUT2D eigenvalue weighted by Crippen LogP contribution is 2.41. The van der Waals surface area contributed by atoms with E-state index in [1.54, 1.807) is 23.0 Å². The number of hydrogen-bond donors (Lipinski definition) is 1. The quantitative estimate of drug-likeness (QED) is 0.678. The molecular weight excluding hydrogens is 383 g/mol. The van der Waals surface area contributed by atoms with Crippen molar-refractivity contribution >= 4 is 6.29 Å². The predicted molar refractivity (Wildman–Crippen MR) is 112 cm³/mol. The molecular formula is C23H23FN4O2. The summed E-state index contributed by atoms with van der Waals surface area (Å²) in [6.07, 6.45) is 4.29. The van der Waals surface area contributed by atoms with Crippen molar-refractivity contribution < 1.29 is 13.9 Å². The molecule has 1 saturated heterocycles. The molecule has 2 aromatic carbocycles. The number of piperazine rings is 1. The molecule has 2 aliphatic rings. The number of nitrogens with zero attached hydrogens (tertiary/aromatic N) is 3. The first-order chi connectivity index (χ1) is 14.7. The Morgan fingerprint density at radius 1 is 1.33 bits per heavy atom. The van der Waals surface area contributed by atoms with Gasteiger partial charge in [0.25, 0.3) is 0 Å². The lowest BCUT2D eigenvalue weighted by molar-refractivity contribution is 0.112. The van der Waals surface area contributed by atoms with E-state index >= 15 is 0 Å². The Morgan fingerprint density at radius 2 is 2.23 bits per heavy atom. The lowest BCUT2D eigenvalue weighted by atomic mass is 9.92. The summed E-state index contributed by atoms with van der Waals surface area (Å²) in [5, 5.41) is 7.85. The minimum atomic E-state index is -0.427. The van der Waals surface area contributed by atoms with Gasteiger partial charge in [-0.1, -0.05) is 12.1 Å². The third-order valence-corrected chi connectivity index (χ3v) is 6.06. The van der Waals surface area contributed by atoms with Gasteiger partial charge >= 0.3 is 0 Å². The van der Waals surface area contributed by atoms with Crippen molar-refractivity contribution in [3.05, 3.63) is 65.2 Å². The zero-order valence-electron chi connectivity index (χ0n) is 16.8. The Bertz CT molecular complexity index is 1100. The number of benzene rings is 2. The van der Waals surface area contributed by atoms with Crippen LogP contribution in [0.5, 0.6) is 5.75 Å². The highest BCUT2D eigenvalue weighted by atomic mass is 19.1. The highest BCUT2D eigenvalue weighted by molar-refractivity contribution is 5.90. The average Bonchev–Trinajstić information content (AvgIpc) is 3.22. The number of fused-ring (bicyclic) bond motifs is 2. The number of ether oxygens (including phenoxy) is 1. The topological polar surface area (TPSA) is 59.4 Å². The first-order valence-corrected chi connectivity index (χ1v) is 10.2. The zero-order valence-corrected chi connectivity index (χ0v) is 16.8. The number of aldehydes is 1. The van der Waals surface area contributed by atoms with E-state index in [0.717, 1.165) is 48.7 Å². The fourth-order valence-electron chi connectivity index (χ4n) is 4.50. The lowest BCUT2D eigenvalue weighted by Crippen LogP contribution is -2.52. The van der Waals surface area contributed by atoms with Gasteiger partial charge in [0.2, 0.25) is 0 Å².